The average Bonchev–Trinajstić information content (AvgIpc) is 2.90. The molecule has 0 aromatic carbocycles. The van der Waals surface area contributed by atoms with Crippen LogP contribution in [-0.2, 0) is 6.42 Å². The van der Waals surface area contributed by atoms with Crippen molar-refractivity contribution in [2.45, 2.75) is 39.2 Å². The van der Waals surface area contributed by atoms with Gasteiger partial charge >= 0.3 is 0 Å². The van der Waals surface area contributed by atoms with E-state index in [1.165, 1.54) is 25.9 Å². The fraction of sp³-hybridized carbons (Fsp3) is 0.625. The summed E-state index contributed by atoms with van der Waals surface area (Å²) in [6, 6.07) is 4.55. The van der Waals surface area contributed by atoms with Gasteiger partial charge in [-0.2, -0.15) is 0 Å². The first-order chi connectivity index (χ1) is 10.2. The summed E-state index contributed by atoms with van der Waals surface area (Å²) in [5.41, 5.74) is 0.865. The Bertz CT molecular complexity index is 599. The fourth-order valence-corrected chi connectivity index (χ4v) is 3.12. The van der Waals surface area contributed by atoms with E-state index in [2.05, 4.69) is 33.3 Å². The van der Waals surface area contributed by atoms with Crippen molar-refractivity contribution in [3.05, 3.63) is 24.2 Å². The maximum Gasteiger partial charge on any atom is 0.164 e. The molecule has 2 aromatic heterocycles. The van der Waals surface area contributed by atoms with Gasteiger partial charge in [-0.15, -0.1) is 10.2 Å². The zero-order valence-electron chi connectivity index (χ0n) is 13.1. The standard InChI is InChI=1S/C16H24N4O/c1-12(2)19-7-4-13(5-8-19)10-15-17-18-16-11-14(21-3)6-9-20(15)16/h6,9,11-13H,4-5,7-8,10H2,1-3H3. The van der Waals surface area contributed by atoms with Crippen molar-refractivity contribution >= 4 is 5.65 Å². The zero-order chi connectivity index (χ0) is 14.8. The maximum atomic E-state index is 5.23. The highest BCUT2D eigenvalue weighted by Crippen LogP contribution is 2.23. The molecule has 0 atom stereocenters. The van der Waals surface area contributed by atoms with Gasteiger partial charge in [0.15, 0.2) is 5.65 Å². The predicted octanol–water partition coefficient (Wildman–Crippen LogP) is 2.40. The molecular weight excluding hydrogens is 264 g/mol. The number of methoxy groups -OCH3 is 1. The molecule has 1 fully saturated rings. The van der Waals surface area contributed by atoms with Crippen molar-refractivity contribution < 1.29 is 4.74 Å². The summed E-state index contributed by atoms with van der Waals surface area (Å²) in [6.07, 6.45) is 5.53. The average molecular weight is 288 g/mol. The number of ether oxygens (including phenoxy) is 1. The molecule has 0 unspecified atom stereocenters. The molecule has 0 bridgehead atoms. The van der Waals surface area contributed by atoms with Gasteiger partial charge in [-0.25, -0.2) is 0 Å². The minimum absolute atomic E-state index is 0.660. The van der Waals surface area contributed by atoms with Crippen LogP contribution in [0.25, 0.3) is 5.65 Å². The smallest absolute Gasteiger partial charge is 0.164 e. The van der Waals surface area contributed by atoms with Gasteiger partial charge in [-0.3, -0.25) is 4.40 Å². The van der Waals surface area contributed by atoms with Crippen LogP contribution in [0.1, 0.15) is 32.5 Å². The number of pyridine rings is 1. The van der Waals surface area contributed by atoms with E-state index in [4.69, 9.17) is 4.74 Å². The summed E-state index contributed by atoms with van der Waals surface area (Å²) in [5, 5.41) is 8.62. The van der Waals surface area contributed by atoms with Crippen molar-refractivity contribution in [3.63, 3.8) is 0 Å². The molecule has 0 radical (unpaired) electrons. The molecule has 3 heterocycles. The van der Waals surface area contributed by atoms with E-state index >= 15 is 0 Å². The van der Waals surface area contributed by atoms with Gasteiger partial charge in [0.25, 0.3) is 0 Å². The van der Waals surface area contributed by atoms with Crippen molar-refractivity contribution in [1.82, 2.24) is 19.5 Å². The topological polar surface area (TPSA) is 42.7 Å². The number of piperidine rings is 1. The Labute approximate surface area is 125 Å². The summed E-state index contributed by atoms with van der Waals surface area (Å²) in [4.78, 5) is 2.56. The SMILES string of the molecule is COc1ccn2c(CC3CCN(C(C)C)CC3)nnc2c1. The highest BCUT2D eigenvalue weighted by molar-refractivity contribution is 5.44. The summed E-state index contributed by atoms with van der Waals surface area (Å²) < 4.78 is 7.31. The predicted molar refractivity (Wildman–Crippen MR) is 82.7 cm³/mol. The third-order valence-electron chi connectivity index (χ3n) is 4.54. The Morgan fingerprint density at radius 3 is 2.71 bits per heavy atom. The minimum Gasteiger partial charge on any atom is -0.497 e. The monoisotopic (exact) mass is 288 g/mol. The van der Waals surface area contributed by atoms with Crippen LogP contribution >= 0.6 is 0 Å². The number of fused-ring (bicyclic) bond motifs is 1. The Hall–Kier alpha value is -1.62. The molecule has 1 aliphatic heterocycles. The summed E-state index contributed by atoms with van der Waals surface area (Å²) in [5.74, 6) is 2.61. The molecule has 0 aliphatic carbocycles. The number of likely N-dealkylation sites (tertiary alicyclic amines) is 1. The minimum atomic E-state index is 0.660. The quantitative estimate of drug-likeness (QED) is 0.866. The number of hydrogen-bond donors (Lipinski definition) is 0. The van der Waals surface area contributed by atoms with E-state index in [1.54, 1.807) is 7.11 Å². The molecule has 2 aromatic rings. The lowest BCUT2D eigenvalue weighted by Crippen LogP contribution is -2.38. The van der Waals surface area contributed by atoms with E-state index < -0.39 is 0 Å². The molecule has 5 nitrogen and oxygen atoms in total. The normalized spacial score (nSPS) is 17.7. The van der Waals surface area contributed by atoms with Crippen LogP contribution in [0.5, 0.6) is 5.75 Å². The van der Waals surface area contributed by atoms with Gasteiger partial charge in [0.05, 0.1) is 7.11 Å². The van der Waals surface area contributed by atoms with Crippen LogP contribution in [0, 0.1) is 5.92 Å². The summed E-state index contributed by atoms with van der Waals surface area (Å²) in [7, 11) is 1.67. The van der Waals surface area contributed by atoms with E-state index in [0.717, 1.165) is 29.6 Å². The second kappa shape index (κ2) is 6.02. The van der Waals surface area contributed by atoms with Crippen molar-refractivity contribution in [2.75, 3.05) is 20.2 Å². The molecular formula is C16H24N4O. The van der Waals surface area contributed by atoms with E-state index in [1.807, 2.05) is 18.3 Å². The first-order valence-corrected chi connectivity index (χ1v) is 7.79. The molecule has 0 saturated carbocycles. The molecule has 1 aliphatic rings. The highest BCUT2D eigenvalue weighted by atomic mass is 16.5. The summed E-state index contributed by atoms with van der Waals surface area (Å²) >= 11 is 0. The van der Waals surface area contributed by atoms with Gasteiger partial charge in [0, 0.05) is 24.7 Å². The molecule has 21 heavy (non-hydrogen) atoms. The summed E-state index contributed by atoms with van der Waals surface area (Å²) in [6.45, 7) is 6.96. The Balaban J connectivity index is 1.68. The van der Waals surface area contributed by atoms with Gasteiger partial charge in [0.2, 0.25) is 0 Å². The third-order valence-corrected chi connectivity index (χ3v) is 4.54. The first kappa shape index (κ1) is 14.3. The Kier molecular flexibility index (Phi) is 4.10. The van der Waals surface area contributed by atoms with E-state index in [0.29, 0.717) is 6.04 Å². The van der Waals surface area contributed by atoms with Crippen LogP contribution in [-0.4, -0.2) is 45.7 Å². The maximum absolute atomic E-state index is 5.23. The number of aromatic nitrogens is 3. The van der Waals surface area contributed by atoms with Crippen LogP contribution in [0.15, 0.2) is 18.3 Å². The largest absolute Gasteiger partial charge is 0.497 e. The molecule has 0 amide bonds. The van der Waals surface area contributed by atoms with Gasteiger partial charge in [0.1, 0.15) is 11.6 Å². The third kappa shape index (κ3) is 3.02. The molecule has 0 spiro atoms. The van der Waals surface area contributed by atoms with Gasteiger partial charge in [-0.1, -0.05) is 0 Å². The van der Waals surface area contributed by atoms with Crippen molar-refractivity contribution in [1.29, 1.82) is 0 Å². The number of nitrogens with zero attached hydrogens (tertiary/aromatic N) is 4. The molecule has 1 saturated heterocycles. The zero-order valence-corrected chi connectivity index (χ0v) is 13.1. The van der Waals surface area contributed by atoms with Gasteiger partial charge < -0.3 is 9.64 Å². The highest BCUT2D eigenvalue weighted by Gasteiger charge is 2.22. The number of rotatable bonds is 4. The van der Waals surface area contributed by atoms with Crippen molar-refractivity contribution in [3.8, 4) is 5.75 Å². The van der Waals surface area contributed by atoms with Gasteiger partial charge in [-0.05, 0) is 51.8 Å². The Morgan fingerprint density at radius 1 is 1.29 bits per heavy atom. The molecule has 3 rings (SSSR count). The van der Waals surface area contributed by atoms with Crippen LogP contribution in [0.3, 0.4) is 0 Å². The second-order valence-corrected chi connectivity index (χ2v) is 6.19. The molecule has 0 N–H and O–H groups in total. The first-order valence-electron chi connectivity index (χ1n) is 7.79. The fourth-order valence-electron chi connectivity index (χ4n) is 3.12. The van der Waals surface area contributed by atoms with E-state index in [9.17, 15) is 0 Å². The molecule has 5 heteroatoms. The lowest BCUT2D eigenvalue weighted by atomic mass is 9.92. The van der Waals surface area contributed by atoms with Crippen LogP contribution in [0.4, 0.5) is 0 Å². The second-order valence-electron chi connectivity index (χ2n) is 6.19. The van der Waals surface area contributed by atoms with Crippen LogP contribution in [0.2, 0.25) is 0 Å². The molecule has 114 valence electrons. The Morgan fingerprint density at radius 2 is 2.05 bits per heavy atom. The van der Waals surface area contributed by atoms with Crippen LogP contribution < -0.4 is 4.74 Å². The number of hydrogen-bond acceptors (Lipinski definition) is 4. The lowest BCUT2D eigenvalue weighted by molar-refractivity contribution is 0.148. The van der Waals surface area contributed by atoms with E-state index in [-0.39, 0.29) is 0 Å². The van der Waals surface area contributed by atoms with Crippen molar-refractivity contribution in [2.24, 2.45) is 5.92 Å². The lowest BCUT2D eigenvalue weighted by Gasteiger charge is -2.34.